The molecule has 5 nitrogen and oxygen atoms in total. The number of carbonyl (C=O) groups excluding carboxylic acids is 2. The minimum atomic E-state index is -0.461. The number of nitrogens with two attached hydrogens (primary N) is 1. The van der Waals surface area contributed by atoms with Crippen LogP contribution in [0.3, 0.4) is 0 Å². The van der Waals surface area contributed by atoms with E-state index in [4.69, 9.17) is 5.73 Å². The number of rotatable bonds is 6. The van der Waals surface area contributed by atoms with Crippen molar-refractivity contribution in [1.29, 1.82) is 0 Å². The molecule has 0 bridgehead atoms. The molecule has 0 saturated heterocycles. The smallest absolute Gasteiger partial charge is 0.251 e. The average molecular weight is 426 g/mol. The van der Waals surface area contributed by atoms with Crippen LogP contribution in [0.4, 0.5) is 5.00 Å². The number of nitrogens with zero attached hydrogens (tertiary/aromatic N) is 1. The highest BCUT2D eigenvalue weighted by atomic mass is 32.2. The van der Waals surface area contributed by atoms with Crippen LogP contribution in [-0.2, 0) is 17.6 Å². The van der Waals surface area contributed by atoms with Crippen molar-refractivity contribution in [2.24, 2.45) is 5.73 Å². The molecule has 0 saturated carbocycles. The summed E-state index contributed by atoms with van der Waals surface area (Å²) in [5.41, 5.74) is 8.09. The van der Waals surface area contributed by atoms with Gasteiger partial charge in [-0.05, 0) is 49.8 Å². The summed E-state index contributed by atoms with van der Waals surface area (Å²) in [6.45, 7) is 1.98. The minimum Gasteiger partial charge on any atom is -0.365 e. The monoisotopic (exact) mass is 425 g/mol. The lowest BCUT2D eigenvalue weighted by molar-refractivity contribution is -0.115. The van der Waals surface area contributed by atoms with E-state index < -0.39 is 5.91 Å². The van der Waals surface area contributed by atoms with E-state index in [1.807, 2.05) is 43.3 Å². The van der Waals surface area contributed by atoms with Crippen LogP contribution in [0.2, 0.25) is 0 Å². The Hall–Kier alpha value is -2.38. The van der Waals surface area contributed by atoms with Gasteiger partial charge >= 0.3 is 0 Å². The third-order valence-electron chi connectivity index (χ3n) is 5.15. The molecular weight excluding hydrogens is 402 g/mol. The molecule has 7 heteroatoms. The van der Waals surface area contributed by atoms with Crippen LogP contribution < -0.4 is 11.1 Å². The van der Waals surface area contributed by atoms with Gasteiger partial charge in [-0.3, -0.25) is 9.59 Å². The lowest BCUT2D eigenvalue weighted by Gasteiger charge is -2.14. The molecule has 2 heterocycles. The molecule has 0 aliphatic heterocycles. The summed E-state index contributed by atoms with van der Waals surface area (Å²) in [4.78, 5) is 30.9. The topological polar surface area (TPSA) is 85.1 Å². The first-order chi connectivity index (χ1) is 14.1. The minimum absolute atomic E-state index is 0.117. The molecule has 1 aliphatic rings. The van der Waals surface area contributed by atoms with Crippen molar-refractivity contribution in [1.82, 2.24) is 4.98 Å². The van der Waals surface area contributed by atoms with Gasteiger partial charge in [0.1, 0.15) is 5.00 Å². The number of nitrogens with one attached hydrogen (secondary N) is 1. The molecule has 4 rings (SSSR count). The number of carbonyl (C=O) groups is 2. The van der Waals surface area contributed by atoms with Crippen LogP contribution in [0, 0.1) is 0 Å². The molecule has 1 unspecified atom stereocenters. The second kappa shape index (κ2) is 8.55. The third kappa shape index (κ3) is 4.16. The summed E-state index contributed by atoms with van der Waals surface area (Å²) in [5, 5.41) is 5.17. The maximum absolute atomic E-state index is 13.0. The molecule has 150 valence electrons. The highest BCUT2D eigenvalue weighted by Crippen LogP contribution is 2.38. The van der Waals surface area contributed by atoms with E-state index in [9.17, 15) is 9.59 Å². The van der Waals surface area contributed by atoms with Crippen LogP contribution in [0.25, 0.3) is 10.9 Å². The van der Waals surface area contributed by atoms with Crippen LogP contribution >= 0.6 is 23.1 Å². The van der Waals surface area contributed by atoms with Gasteiger partial charge in [0.15, 0.2) is 0 Å². The van der Waals surface area contributed by atoms with Gasteiger partial charge in [0.25, 0.3) is 5.91 Å². The number of hydrogen-bond donors (Lipinski definition) is 2. The average Bonchev–Trinajstić information content (AvgIpc) is 3.09. The fourth-order valence-electron chi connectivity index (χ4n) is 3.69. The molecule has 1 aliphatic carbocycles. The Morgan fingerprint density at radius 1 is 1.21 bits per heavy atom. The van der Waals surface area contributed by atoms with Crippen LogP contribution in [0.5, 0.6) is 0 Å². The Labute approximate surface area is 178 Å². The second-order valence-electron chi connectivity index (χ2n) is 7.13. The number of amides is 2. The predicted molar refractivity (Wildman–Crippen MR) is 120 cm³/mol. The molecule has 1 aromatic carbocycles. The SMILES string of the molecule is CCC(Sc1ccc2ccccc2n1)C(=O)Nc1sc2c(c1C(N)=O)CCCC2. The summed E-state index contributed by atoms with van der Waals surface area (Å²) in [6.07, 6.45) is 4.62. The van der Waals surface area contributed by atoms with Crippen molar-refractivity contribution in [3.8, 4) is 0 Å². The van der Waals surface area contributed by atoms with E-state index in [2.05, 4.69) is 10.3 Å². The van der Waals surface area contributed by atoms with Crippen LogP contribution in [-0.4, -0.2) is 22.0 Å². The van der Waals surface area contributed by atoms with Gasteiger partial charge in [-0.25, -0.2) is 4.98 Å². The number of primary amides is 1. The van der Waals surface area contributed by atoms with Gasteiger partial charge in [0.2, 0.25) is 5.91 Å². The highest BCUT2D eigenvalue weighted by molar-refractivity contribution is 8.00. The number of fused-ring (bicyclic) bond motifs is 2. The Balaban J connectivity index is 1.54. The van der Waals surface area contributed by atoms with E-state index in [0.717, 1.165) is 47.2 Å². The molecule has 3 N–H and O–H groups in total. The first-order valence-corrected chi connectivity index (χ1v) is 11.5. The van der Waals surface area contributed by atoms with Crippen LogP contribution in [0.1, 0.15) is 47.0 Å². The number of benzene rings is 1. The lowest BCUT2D eigenvalue weighted by atomic mass is 9.95. The van der Waals surface area contributed by atoms with E-state index in [1.165, 1.54) is 28.0 Å². The zero-order valence-corrected chi connectivity index (χ0v) is 17.9. The van der Waals surface area contributed by atoms with Gasteiger partial charge in [0, 0.05) is 10.3 Å². The largest absolute Gasteiger partial charge is 0.365 e. The maximum atomic E-state index is 13.0. The third-order valence-corrected chi connectivity index (χ3v) is 7.66. The summed E-state index contributed by atoms with van der Waals surface area (Å²) in [6, 6.07) is 11.9. The molecule has 2 amide bonds. The number of pyridine rings is 1. The number of aromatic nitrogens is 1. The highest BCUT2D eigenvalue weighted by Gasteiger charge is 2.27. The van der Waals surface area contributed by atoms with E-state index in [0.29, 0.717) is 17.0 Å². The number of thiophene rings is 1. The first-order valence-electron chi connectivity index (χ1n) is 9.84. The van der Waals surface area contributed by atoms with Crippen molar-refractivity contribution >= 4 is 50.8 Å². The van der Waals surface area contributed by atoms with E-state index in [-0.39, 0.29) is 11.2 Å². The Morgan fingerprint density at radius 2 is 2.00 bits per heavy atom. The quantitative estimate of drug-likeness (QED) is 0.557. The number of hydrogen-bond acceptors (Lipinski definition) is 5. The van der Waals surface area contributed by atoms with Gasteiger partial charge in [0.05, 0.1) is 21.4 Å². The standard InChI is InChI=1S/C22H23N3O2S2/c1-2-16(28-18-12-11-13-7-3-5-9-15(13)24-18)21(27)25-22-19(20(23)26)14-8-4-6-10-17(14)29-22/h3,5,7,9,11-12,16H,2,4,6,8,10H2,1H3,(H2,23,26)(H,25,27). The normalized spacial score (nSPS) is 14.4. The molecule has 0 radical (unpaired) electrons. The molecule has 3 aromatic rings. The second-order valence-corrected chi connectivity index (χ2v) is 9.45. The zero-order chi connectivity index (χ0) is 20.4. The van der Waals surface area contributed by atoms with Gasteiger partial charge in [-0.1, -0.05) is 43.0 Å². The Bertz CT molecular complexity index is 1080. The Kier molecular flexibility index (Phi) is 5.87. The van der Waals surface area contributed by atoms with Crippen molar-refractivity contribution in [3.05, 3.63) is 52.4 Å². The summed E-state index contributed by atoms with van der Waals surface area (Å²) in [5.74, 6) is -0.579. The maximum Gasteiger partial charge on any atom is 0.251 e. The first kappa shape index (κ1) is 19.9. The van der Waals surface area contributed by atoms with Crippen molar-refractivity contribution in [2.75, 3.05) is 5.32 Å². The fourth-order valence-corrected chi connectivity index (χ4v) is 5.91. The van der Waals surface area contributed by atoms with Crippen molar-refractivity contribution in [2.45, 2.75) is 49.3 Å². The Morgan fingerprint density at radius 3 is 2.79 bits per heavy atom. The molecular formula is C22H23N3O2S2. The van der Waals surface area contributed by atoms with E-state index in [1.54, 1.807) is 0 Å². The van der Waals surface area contributed by atoms with E-state index >= 15 is 0 Å². The van der Waals surface area contributed by atoms with Crippen LogP contribution in [0.15, 0.2) is 41.4 Å². The number of thioether (sulfide) groups is 1. The number of aryl methyl sites for hydroxylation is 1. The van der Waals surface area contributed by atoms with Crippen molar-refractivity contribution < 1.29 is 9.59 Å². The summed E-state index contributed by atoms with van der Waals surface area (Å²) < 4.78 is 0. The number of para-hydroxylation sites is 1. The lowest BCUT2D eigenvalue weighted by Crippen LogP contribution is -2.26. The summed E-state index contributed by atoms with van der Waals surface area (Å²) in [7, 11) is 0. The summed E-state index contributed by atoms with van der Waals surface area (Å²) >= 11 is 2.94. The zero-order valence-electron chi connectivity index (χ0n) is 16.2. The number of anilines is 1. The molecule has 29 heavy (non-hydrogen) atoms. The molecule has 0 spiro atoms. The molecule has 1 atom stereocenters. The van der Waals surface area contributed by atoms with Gasteiger partial charge in [-0.15, -0.1) is 11.3 Å². The molecule has 2 aromatic heterocycles. The van der Waals surface area contributed by atoms with Crippen molar-refractivity contribution in [3.63, 3.8) is 0 Å². The fraction of sp³-hybridized carbons (Fsp3) is 0.318. The molecule has 0 fully saturated rings. The van der Waals surface area contributed by atoms with Gasteiger partial charge < -0.3 is 11.1 Å². The van der Waals surface area contributed by atoms with Gasteiger partial charge in [-0.2, -0.15) is 0 Å². The predicted octanol–water partition coefficient (Wildman–Crippen LogP) is 4.78.